The van der Waals surface area contributed by atoms with Crippen LogP contribution in [0.3, 0.4) is 0 Å². The Balaban J connectivity index is 1.88. The second-order valence-corrected chi connectivity index (χ2v) is 6.05. The van der Waals surface area contributed by atoms with Crippen LogP contribution in [0.2, 0.25) is 0 Å². The van der Waals surface area contributed by atoms with Gasteiger partial charge >= 0.3 is 7.12 Å². The summed E-state index contributed by atoms with van der Waals surface area (Å²) in [7, 11) is -0.958. The number of benzene rings is 2. The highest BCUT2D eigenvalue weighted by Crippen LogP contribution is 2.30. The van der Waals surface area contributed by atoms with Gasteiger partial charge in [0.25, 0.3) is 5.91 Å². The Morgan fingerprint density at radius 3 is 2.68 bits per heavy atom. The van der Waals surface area contributed by atoms with Gasteiger partial charge in [0.05, 0.1) is 5.60 Å². The summed E-state index contributed by atoms with van der Waals surface area (Å²) in [6.45, 7) is 5.72. The van der Waals surface area contributed by atoms with Gasteiger partial charge in [-0.15, -0.1) is 0 Å². The molecule has 2 aromatic rings. The maximum absolute atomic E-state index is 12.3. The highest BCUT2D eigenvalue weighted by molar-refractivity contribution is 6.62. The van der Waals surface area contributed by atoms with E-state index in [2.05, 4.69) is 5.32 Å². The number of anilines is 1. The fourth-order valence-electron chi connectivity index (χ4n) is 2.83. The average molecular weight is 295 g/mol. The van der Waals surface area contributed by atoms with Gasteiger partial charge in [-0.1, -0.05) is 24.3 Å². The highest BCUT2D eigenvalue weighted by atomic mass is 16.5. The largest absolute Gasteiger partial charge is 0.492 e. The molecule has 1 amide bonds. The fourth-order valence-corrected chi connectivity index (χ4v) is 2.83. The van der Waals surface area contributed by atoms with E-state index in [1.54, 1.807) is 12.1 Å². The van der Waals surface area contributed by atoms with Crippen LogP contribution >= 0.6 is 0 Å². The molecule has 5 heteroatoms. The van der Waals surface area contributed by atoms with Crippen LogP contribution in [-0.2, 0) is 10.3 Å². The molecule has 0 atom stereocenters. The lowest BCUT2D eigenvalue weighted by Gasteiger charge is -2.19. The minimum atomic E-state index is -0.958. The van der Waals surface area contributed by atoms with E-state index < -0.39 is 12.7 Å². The zero-order valence-electron chi connectivity index (χ0n) is 12.9. The highest BCUT2D eigenvalue weighted by Gasteiger charge is 2.40. The number of carbonyl (C=O) groups excluding carboxylic acids is 1. The van der Waals surface area contributed by atoms with Crippen LogP contribution in [0.25, 0.3) is 0 Å². The van der Waals surface area contributed by atoms with Crippen molar-refractivity contribution in [1.82, 2.24) is 0 Å². The van der Waals surface area contributed by atoms with E-state index in [4.69, 9.17) is 4.65 Å². The molecule has 3 rings (SSSR count). The van der Waals surface area contributed by atoms with Crippen molar-refractivity contribution < 1.29 is 14.5 Å². The predicted octanol–water partition coefficient (Wildman–Crippen LogP) is 2.20. The lowest BCUT2D eigenvalue weighted by atomic mass is 9.78. The van der Waals surface area contributed by atoms with Crippen LogP contribution in [-0.4, -0.2) is 18.0 Å². The summed E-state index contributed by atoms with van der Waals surface area (Å²) in [6, 6.07) is 12.9. The van der Waals surface area contributed by atoms with E-state index in [0.29, 0.717) is 16.7 Å². The van der Waals surface area contributed by atoms with Gasteiger partial charge in [0.2, 0.25) is 0 Å². The maximum atomic E-state index is 12.3. The predicted molar refractivity (Wildman–Crippen MR) is 87.3 cm³/mol. The molecule has 0 saturated heterocycles. The van der Waals surface area contributed by atoms with E-state index in [1.165, 1.54) is 0 Å². The van der Waals surface area contributed by atoms with E-state index >= 15 is 0 Å². The third-order valence-electron chi connectivity index (χ3n) is 4.02. The third kappa shape index (κ3) is 2.53. The molecule has 4 nitrogen and oxygen atoms in total. The minimum absolute atomic E-state index is 0.161. The maximum Gasteiger partial charge on any atom is 0.492 e. The molecule has 0 bridgehead atoms. The smallest absolute Gasteiger partial charge is 0.423 e. The van der Waals surface area contributed by atoms with E-state index in [0.717, 1.165) is 11.1 Å². The molecule has 0 spiro atoms. The Morgan fingerprint density at radius 1 is 1.23 bits per heavy atom. The van der Waals surface area contributed by atoms with Gasteiger partial charge in [0, 0.05) is 11.3 Å². The lowest BCUT2D eigenvalue weighted by molar-refractivity contribution is 0.100. The number of aryl methyl sites for hydroxylation is 1. The van der Waals surface area contributed by atoms with Gasteiger partial charge in [-0.25, -0.2) is 0 Å². The van der Waals surface area contributed by atoms with Crippen LogP contribution in [0, 0.1) is 6.92 Å². The molecule has 0 radical (unpaired) electrons. The summed E-state index contributed by atoms with van der Waals surface area (Å²) in [5.41, 5.74) is 3.33. The number of hydrogen-bond donors (Lipinski definition) is 2. The van der Waals surface area contributed by atoms with Crippen molar-refractivity contribution in [1.29, 1.82) is 0 Å². The quantitative estimate of drug-likeness (QED) is 0.835. The molecule has 112 valence electrons. The second kappa shape index (κ2) is 5.27. The van der Waals surface area contributed by atoms with Crippen LogP contribution in [0.1, 0.15) is 35.3 Å². The van der Waals surface area contributed by atoms with Crippen molar-refractivity contribution >= 4 is 24.2 Å². The molecule has 1 aliphatic heterocycles. The van der Waals surface area contributed by atoms with Crippen molar-refractivity contribution in [3.8, 4) is 0 Å². The Labute approximate surface area is 130 Å². The lowest BCUT2D eigenvalue weighted by Crippen LogP contribution is -2.29. The van der Waals surface area contributed by atoms with Crippen molar-refractivity contribution in [3.63, 3.8) is 0 Å². The zero-order chi connectivity index (χ0) is 15.9. The minimum Gasteiger partial charge on any atom is -0.423 e. The normalized spacial score (nSPS) is 15.5. The van der Waals surface area contributed by atoms with Gasteiger partial charge in [-0.3, -0.25) is 4.79 Å². The monoisotopic (exact) mass is 295 g/mol. The van der Waals surface area contributed by atoms with Gasteiger partial charge in [-0.2, -0.15) is 0 Å². The van der Waals surface area contributed by atoms with Crippen LogP contribution in [0.4, 0.5) is 5.69 Å². The van der Waals surface area contributed by atoms with Crippen LogP contribution < -0.4 is 10.8 Å². The van der Waals surface area contributed by atoms with Crippen LogP contribution in [0.15, 0.2) is 42.5 Å². The summed E-state index contributed by atoms with van der Waals surface area (Å²) in [6.07, 6.45) is 0. The molecule has 1 heterocycles. The standard InChI is InChI=1S/C17H18BNO3/c1-11-6-4-5-7-13(11)16(20)19-12-8-9-14-15(10-12)18(21)22-17(14,2)3/h4-10,21H,1-3H3,(H,19,20). The summed E-state index contributed by atoms with van der Waals surface area (Å²) < 4.78 is 5.53. The van der Waals surface area contributed by atoms with E-state index in [9.17, 15) is 9.82 Å². The topological polar surface area (TPSA) is 58.6 Å². The number of nitrogens with one attached hydrogen (secondary N) is 1. The van der Waals surface area contributed by atoms with Crippen molar-refractivity contribution in [2.45, 2.75) is 26.4 Å². The van der Waals surface area contributed by atoms with Gasteiger partial charge in [0.1, 0.15) is 0 Å². The number of hydrogen-bond acceptors (Lipinski definition) is 3. The first-order chi connectivity index (χ1) is 10.4. The number of fused-ring (bicyclic) bond motifs is 1. The van der Waals surface area contributed by atoms with Gasteiger partial charge in [-0.05, 0) is 55.6 Å². The van der Waals surface area contributed by atoms with E-state index in [-0.39, 0.29) is 5.91 Å². The zero-order valence-corrected chi connectivity index (χ0v) is 12.9. The first kappa shape index (κ1) is 14.8. The first-order valence-corrected chi connectivity index (χ1v) is 7.26. The molecule has 0 saturated carbocycles. The molecule has 0 aromatic heterocycles. The van der Waals surface area contributed by atoms with Gasteiger partial charge in [0.15, 0.2) is 0 Å². The van der Waals surface area contributed by atoms with Crippen molar-refractivity contribution in [2.75, 3.05) is 5.32 Å². The molecule has 2 N–H and O–H groups in total. The molecule has 0 fully saturated rings. The van der Waals surface area contributed by atoms with E-state index in [1.807, 2.05) is 51.1 Å². The van der Waals surface area contributed by atoms with Gasteiger partial charge < -0.3 is 15.0 Å². The summed E-state index contributed by atoms with van der Waals surface area (Å²) >= 11 is 0. The Kier molecular flexibility index (Phi) is 3.55. The summed E-state index contributed by atoms with van der Waals surface area (Å²) in [5, 5.41) is 12.9. The molecule has 0 unspecified atom stereocenters. The first-order valence-electron chi connectivity index (χ1n) is 7.26. The molecular formula is C17H18BNO3. The van der Waals surface area contributed by atoms with Crippen molar-refractivity contribution in [2.24, 2.45) is 0 Å². The summed E-state index contributed by atoms with van der Waals surface area (Å²) in [5.74, 6) is -0.161. The molecule has 0 aliphatic carbocycles. The molecule has 1 aliphatic rings. The Bertz CT molecular complexity index is 742. The average Bonchev–Trinajstić information content (AvgIpc) is 2.69. The SMILES string of the molecule is Cc1ccccc1C(=O)Nc1ccc2c(c1)B(O)OC2(C)C. The molecule has 2 aromatic carbocycles. The Morgan fingerprint density at radius 2 is 1.95 bits per heavy atom. The summed E-state index contributed by atoms with van der Waals surface area (Å²) in [4.78, 5) is 12.3. The Hall–Kier alpha value is -2.11. The van der Waals surface area contributed by atoms with Crippen LogP contribution in [0.5, 0.6) is 0 Å². The molecular weight excluding hydrogens is 277 g/mol. The second-order valence-electron chi connectivity index (χ2n) is 6.05. The number of rotatable bonds is 2. The molecule has 22 heavy (non-hydrogen) atoms. The number of carbonyl (C=O) groups is 1. The van der Waals surface area contributed by atoms with Crippen molar-refractivity contribution in [3.05, 3.63) is 59.2 Å². The third-order valence-corrected chi connectivity index (χ3v) is 4.02. The number of amides is 1. The fraction of sp³-hybridized carbons (Fsp3) is 0.235.